The molecule has 5 nitrogen and oxygen atoms in total. The van der Waals surface area contributed by atoms with Gasteiger partial charge in [-0.2, -0.15) is 13.2 Å². The molecule has 1 saturated carbocycles. The Morgan fingerprint density at radius 2 is 1.83 bits per heavy atom. The number of carbonyl (C=O) groups is 2. The first-order chi connectivity index (χ1) is 17.2. The van der Waals surface area contributed by atoms with Crippen molar-refractivity contribution in [2.45, 2.75) is 63.6 Å². The van der Waals surface area contributed by atoms with Crippen molar-refractivity contribution in [2.75, 3.05) is 16.8 Å². The van der Waals surface area contributed by atoms with Crippen molar-refractivity contribution in [2.24, 2.45) is 5.92 Å². The predicted octanol–water partition coefficient (Wildman–Crippen LogP) is 5.50. The van der Waals surface area contributed by atoms with Crippen LogP contribution in [0.4, 0.5) is 24.5 Å². The van der Waals surface area contributed by atoms with Gasteiger partial charge in [-0.25, -0.2) is 0 Å². The van der Waals surface area contributed by atoms with E-state index in [1.165, 1.54) is 17.0 Å². The van der Waals surface area contributed by atoms with E-state index in [2.05, 4.69) is 5.32 Å². The average molecular weight is 499 g/mol. The number of aliphatic hydroxyl groups is 1. The van der Waals surface area contributed by atoms with E-state index in [0.29, 0.717) is 36.1 Å². The molecule has 2 aromatic carbocycles. The third-order valence-electron chi connectivity index (χ3n) is 7.56. The van der Waals surface area contributed by atoms with Gasteiger partial charge < -0.3 is 15.3 Å². The molecule has 8 heteroatoms. The Morgan fingerprint density at radius 3 is 2.58 bits per heavy atom. The van der Waals surface area contributed by atoms with Crippen LogP contribution in [0.25, 0.3) is 5.57 Å². The Hall–Kier alpha value is -3.13. The lowest BCUT2D eigenvalue weighted by molar-refractivity contribution is -0.137. The number of aliphatic hydroxyl groups excluding tert-OH is 1. The maximum Gasteiger partial charge on any atom is 0.416 e. The van der Waals surface area contributed by atoms with Crippen LogP contribution in [0.1, 0.15) is 60.8 Å². The number of halogens is 3. The molecule has 0 radical (unpaired) electrons. The highest BCUT2D eigenvalue weighted by Gasteiger charge is 2.36. The lowest BCUT2D eigenvalue weighted by Gasteiger charge is -2.33. The number of hydrogen-bond acceptors (Lipinski definition) is 3. The highest BCUT2D eigenvalue weighted by Crippen LogP contribution is 2.41. The molecule has 2 N–H and O–H groups in total. The van der Waals surface area contributed by atoms with Gasteiger partial charge in [0, 0.05) is 36.2 Å². The van der Waals surface area contributed by atoms with Crippen LogP contribution < -0.4 is 10.2 Å². The fourth-order valence-corrected chi connectivity index (χ4v) is 5.68. The summed E-state index contributed by atoms with van der Waals surface area (Å²) in [5, 5.41) is 13.0. The summed E-state index contributed by atoms with van der Waals surface area (Å²) in [6, 6.07) is 9.04. The Bertz CT molecular complexity index is 1220. The SMILES string of the molecule is O=C(C=C1CCN(C(=O)C2CCCC2)c2cc(C(F)(F)F)ccc21)Nc1cccc2c1CC(O)CC2. The number of nitrogens with zero attached hydrogens (tertiary/aromatic N) is 1. The molecule has 0 spiro atoms. The van der Waals surface area contributed by atoms with Gasteiger partial charge in [0.1, 0.15) is 0 Å². The summed E-state index contributed by atoms with van der Waals surface area (Å²) < 4.78 is 40.5. The van der Waals surface area contributed by atoms with Crippen molar-refractivity contribution < 1.29 is 27.9 Å². The van der Waals surface area contributed by atoms with E-state index in [1.54, 1.807) is 6.07 Å². The van der Waals surface area contributed by atoms with E-state index in [-0.39, 0.29) is 30.0 Å². The molecule has 0 aromatic heterocycles. The molecule has 0 saturated heterocycles. The zero-order valence-corrected chi connectivity index (χ0v) is 19.9. The van der Waals surface area contributed by atoms with Gasteiger partial charge in [-0.3, -0.25) is 9.59 Å². The fourth-order valence-electron chi connectivity index (χ4n) is 5.68. The summed E-state index contributed by atoms with van der Waals surface area (Å²) >= 11 is 0. The fraction of sp³-hybridized carbons (Fsp3) is 0.429. The van der Waals surface area contributed by atoms with E-state index in [4.69, 9.17) is 0 Å². The molecule has 2 aromatic rings. The summed E-state index contributed by atoms with van der Waals surface area (Å²) in [4.78, 5) is 27.7. The minimum atomic E-state index is -4.53. The molecule has 1 heterocycles. The van der Waals surface area contributed by atoms with Crippen molar-refractivity contribution in [3.05, 3.63) is 64.7 Å². The number of hydrogen-bond donors (Lipinski definition) is 2. The number of rotatable bonds is 3. The maximum atomic E-state index is 13.5. The third kappa shape index (κ3) is 4.91. The highest BCUT2D eigenvalue weighted by molar-refractivity contribution is 6.07. The molecule has 1 unspecified atom stereocenters. The maximum absolute atomic E-state index is 13.5. The first-order valence-electron chi connectivity index (χ1n) is 12.5. The second-order valence-electron chi connectivity index (χ2n) is 9.95. The van der Waals surface area contributed by atoms with Gasteiger partial charge in [-0.15, -0.1) is 0 Å². The molecule has 36 heavy (non-hydrogen) atoms. The lowest BCUT2D eigenvalue weighted by Crippen LogP contribution is -2.39. The zero-order valence-electron chi connectivity index (χ0n) is 19.9. The van der Waals surface area contributed by atoms with Crippen LogP contribution in [0.3, 0.4) is 0 Å². The number of nitrogens with one attached hydrogen (secondary N) is 1. The average Bonchev–Trinajstić information content (AvgIpc) is 3.38. The van der Waals surface area contributed by atoms with Gasteiger partial charge in [-0.1, -0.05) is 31.0 Å². The number of anilines is 2. The predicted molar refractivity (Wildman–Crippen MR) is 131 cm³/mol. The largest absolute Gasteiger partial charge is 0.416 e. The van der Waals surface area contributed by atoms with Gasteiger partial charge in [0.15, 0.2) is 0 Å². The van der Waals surface area contributed by atoms with Crippen molar-refractivity contribution in [3.63, 3.8) is 0 Å². The van der Waals surface area contributed by atoms with Crippen LogP contribution in [-0.2, 0) is 28.6 Å². The third-order valence-corrected chi connectivity index (χ3v) is 7.56. The minimum absolute atomic E-state index is 0.133. The Balaban J connectivity index is 1.45. The second kappa shape index (κ2) is 9.73. The van der Waals surface area contributed by atoms with Gasteiger partial charge in [0.05, 0.1) is 17.4 Å². The van der Waals surface area contributed by atoms with E-state index in [9.17, 15) is 27.9 Å². The number of amides is 2. The van der Waals surface area contributed by atoms with E-state index >= 15 is 0 Å². The van der Waals surface area contributed by atoms with Crippen molar-refractivity contribution in [1.29, 1.82) is 0 Å². The van der Waals surface area contributed by atoms with Gasteiger partial charge in [0.2, 0.25) is 11.8 Å². The molecule has 3 aliphatic rings. The number of alkyl halides is 3. The number of fused-ring (bicyclic) bond motifs is 2. The summed E-state index contributed by atoms with van der Waals surface area (Å²) in [5.74, 6) is -0.688. The van der Waals surface area contributed by atoms with E-state index in [0.717, 1.165) is 55.4 Å². The van der Waals surface area contributed by atoms with E-state index in [1.807, 2.05) is 12.1 Å². The topological polar surface area (TPSA) is 69.6 Å². The molecule has 1 aliphatic heterocycles. The summed E-state index contributed by atoms with van der Waals surface area (Å²) in [6.07, 6.45) is 2.09. The quantitative estimate of drug-likeness (QED) is 0.549. The van der Waals surface area contributed by atoms with Crippen molar-refractivity contribution in [1.82, 2.24) is 0 Å². The second-order valence-corrected chi connectivity index (χ2v) is 9.95. The Labute approximate surface area is 208 Å². The monoisotopic (exact) mass is 498 g/mol. The molecule has 190 valence electrons. The molecular formula is C28H29F3N2O3. The van der Waals surface area contributed by atoms with Crippen molar-refractivity contribution >= 4 is 28.8 Å². The lowest BCUT2D eigenvalue weighted by atomic mass is 9.88. The first kappa shape index (κ1) is 24.6. The molecule has 5 rings (SSSR count). The number of aryl methyl sites for hydroxylation is 1. The van der Waals surface area contributed by atoms with Crippen LogP contribution in [0.2, 0.25) is 0 Å². The van der Waals surface area contributed by atoms with Gasteiger partial charge in [0.25, 0.3) is 0 Å². The molecule has 1 fully saturated rings. The van der Waals surface area contributed by atoms with Crippen LogP contribution in [0.5, 0.6) is 0 Å². The van der Waals surface area contributed by atoms with E-state index < -0.39 is 17.8 Å². The summed E-state index contributed by atoms with van der Waals surface area (Å²) in [6.45, 7) is 0.232. The number of carbonyl (C=O) groups excluding carboxylic acids is 2. The molecular weight excluding hydrogens is 469 g/mol. The minimum Gasteiger partial charge on any atom is -0.393 e. The molecule has 0 bridgehead atoms. The van der Waals surface area contributed by atoms with Crippen LogP contribution in [-0.4, -0.2) is 29.6 Å². The standard InChI is InChI=1S/C28H29F3N2O3/c29-28(30,31)20-9-11-22-19(12-13-33(25(22)15-20)27(36)18-4-1-2-5-18)14-26(35)32-24-7-3-6-17-8-10-21(34)16-23(17)24/h3,6-7,9,11,14-15,18,21,34H,1-2,4-5,8,10,12-13,16H2,(H,32,35). The van der Waals surface area contributed by atoms with Crippen LogP contribution in [0.15, 0.2) is 42.5 Å². The summed E-state index contributed by atoms with van der Waals surface area (Å²) in [7, 11) is 0. The zero-order chi connectivity index (χ0) is 25.4. The van der Waals surface area contributed by atoms with Crippen molar-refractivity contribution in [3.8, 4) is 0 Å². The number of benzene rings is 2. The molecule has 2 amide bonds. The smallest absolute Gasteiger partial charge is 0.393 e. The highest BCUT2D eigenvalue weighted by atomic mass is 19.4. The molecule has 1 atom stereocenters. The van der Waals surface area contributed by atoms with Gasteiger partial charge in [-0.05, 0) is 67.0 Å². The normalized spacial score (nSPS) is 21.3. The summed E-state index contributed by atoms with van der Waals surface area (Å²) in [5.41, 5.74) is 3.11. The Morgan fingerprint density at radius 1 is 1.06 bits per heavy atom. The van der Waals surface area contributed by atoms with Gasteiger partial charge >= 0.3 is 6.18 Å². The molecule has 2 aliphatic carbocycles. The van der Waals surface area contributed by atoms with Crippen LogP contribution >= 0.6 is 0 Å². The Kier molecular flexibility index (Phi) is 6.64. The first-order valence-corrected chi connectivity index (χ1v) is 12.5. The van der Waals surface area contributed by atoms with Crippen LogP contribution in [0, 0.1) is 5.92 Å².